The van der Waals surface area contributed by atoms with Gasteiger partial charge < -0.3 is 16.6 Å². The van der Waals surface area contributed by atoms with Gasteiger partial charge in [-0.05, 0) is 0 Å². The average molecular weight is 103 g/mol. The Balaban J connectivity index is 3.34. The molecule has 0 bridgehead atoms. The summed E-state index contributed by atoms with van der Waals surface area (Å²) in [4.78, 5) is 0. The van der Waals surface area contributed by atoms with E-state index in [4.69, 9.17) is 22.0 Å². The summed E-state index contributed by atoms with van der Waals surface area (Å²) in [5.41, 5.74) is 9.70. The molecule has 0 radical (unpaired) electrons. The molecule has 4 heteroatoms. The van der Waals surface area contributed by atoms with E-state index in [-0.39, 0.29) is 12.4 Å². The number of aliphatic hydroxyl groups excluding tert-OH is 1. The molecule has 1 atom stereocenters. The van der Waals surface area contributed by atoms with E-state index >= 15 is 0 Å². The molecule has 0 aliphatic carbocycles. The van der Waals surface area contributed by atoms with Gasteiger partial charge in [0.25, 0.3) is 0 Å². The summed E-state index contributed by atoms with van der Waals surface area (Å²) in [6, 6.07) is 0. The molecule has 1 unspecified atom stereocenters. The molecule has 0 amide bonds. The van der Waals surface area contributed by atoms with Gasteiger partial charge >= 0.3 is 0 Å². The number of nitrogens with one attached hydrogen (secondary N) is 1. The summed E-state index contributed by atoms with van der Waals surface area (Å²) in [5, 5.41) is 15.0. The lowest BCUT2D eigenvalue weighted by Crippen LogP contribution is -2.34. The summed E-state index contributed by atoms with van der Waals surface area (Å²) < 4.78 is 0. The molecule has 0 spiro atoms. The van der Waals surface area contributed by atoms with E-state index in [0.29, 0.717) is 0 Å². The molecular formula is C3H9N3O. The van der Waals surface area contributed by atoms with Crippen LogP contribution in [0.25, 0.3) is 0 Å². The van der Waals surface area contributed by atoms with Gasteiger partial charge in [0.1, 0.15) is 11.9 Å². The number of hydrogen-bond acceptors (Lipinski definition) is 3. The highest BCUT2D eigenvalue weighted by Gasteiger charge is 2.00. The Morgan fingerprint density at radius 3 is 2.29 bits per heavy atom. The van der Waals surface area contributed by atoms with E-state index in [9.17, 15) is 0 Å². The predicted molar refractivity (Wildman–Crippen MR) is 27.0 cm³/mol. The maximum absolute atomic E-state index is 8.46. The second-order valence-corrected chi connectivity index (χ2v) is 1.21. The maximum atomic E-state index is 8.46. The van der Waals surface area contributed by atoms with Crippen LogP contribution in [0.15, 0.2) is 0 Å². The fourth-order valence-corrected chi connectivity index (χ4v) is 0.127. The Morgan fingerprint density at radius 1 is 1.86 bits per heavy atom. The molecule has 0 aliphatic heterocycles. The number of amidine groups is 1. The third-order valence-electron chi connectivity index (χ3n) is 0.582. The number of nitrogens with two attached hydrogens (primary N) is 2. The molecule has 0 fully saturated rings. The second-order valence-electron chi connectivity index (χ2n) is 1.21. The highest BCUT2D eigenvalue weighted by Crippen LogP contribution is 1.71. The Morgan fingerprint density at radius 2 is 2.29 bits per heavy atom. The monoisotopic (exact) mass is 103 g/mol. The van der Waals surface area contributed by atoms with Crippen LogP contribution in [0.4, 0.5) is 0 Å². The smallest absolute Gasteiger partial charge is 0.123 e. The van der Waals surface area contributed by atoms with Crippen molar-refractivity contribution < 1.29 is 5.11 Å². The molecule has 0 aliphatic rings. The van der Waals surface area contributed by atoms with Gasteiger partial charge in [-0.3, -0.25) is 5.41 Å². The zero-order valence-corrected chi connectivity index (χ0v) is 3.89. The van der Waals surface area contributed by atoms with Gasteiger partial charge in [0.15, 0.2) is 0 Å². The van der Waals surface area contributed by atoms with Crippen LogP contribution in [-0.4, -0.2) is 23.6 Å². The Labute approximate surface area is 41.6 Å². The number of aliphatic hydroxyl groups is 1. The van der Waals surface area contributed by atoms with Crippen LogP contribution in [0.1, 0.15) is 0 Å². The van der Waals surface area contributed by atoms with E-state index in [0.717, 1.165) is 0 Å². The third-order valence-corrected chi connectivity index (χ3v) is 0.582. The standard InChI is InChI=1S/C3H9N3O/c4-1-2(7)3(5)6/h2,7H,1,4H2,(H3,5,6). The van der Waals surface area contributed by atoms with Crippen molar-refractivity contribution in [3.63, 3.8) is 0 Å². The first-order chi connectivity index (χ1) is 3.18. The van der Waals surface area contributed by atoms with Crippen molar-refractivity contribution in [2.24, 2.45) is 11.5 Å². The Hall–Kier alpha value is -0.610. The van der Waals surface area contributed by atoms with Crippen LogP contribution >= 0.6 is 0 Å². The first-order valence-corrected chi connectivity index (χ1v) is 1.90. The van der Waals surface area contributed by atoms with Crippen molar-refractivity contribution in [1.82, 2.24) is 0 Å². The Kier molecular flexibility index (Phi) is 2.32. The summed E-state index contributed by atoms with van der Waals surface area (Å²) in [7, 11) is 0. The van der Waals surface area contributed by atoms with E-state index in [1.54, 1.807) is 0 Å². The summed E-state index contributed by atoms with van der Waals surface area (Å²) in [6.07, 6.45) is -0.958. The zero-order chi connectivity index (χ0) is 5.86. The molecule has 4 nitrogen and oxygen atoms in total. The van der Waals surface area contributed by atoms with E-state index in [2.05, 4.69) is 0 Å². The lowest BCUT2D eigenvalue weighted by molar-refractivity contribution is 0.247. The second kappa shape index (κ2) is 2.54. The first-order valence-electron chi connectivity index (χ1n) is 1.90. The maximum Gasteiger partial charge on any atom is 0.123 e. The summed E-state index contributed by atoms with van der Waals surface area (Å²) in [6.45, 7) is 0.0231. The minimum absolute atomic E-state index is 0.0231. The van der Waals surface area contributed by atoms with E-state index < -0.39 is 6.10 Å². The van der Waals surface area contributed by atoms with Crippen molar-refractivity contribution in [2.75, 3.05) is 6.54 Å². The van der Waals surface area contributed by atoms with E-state index in [1.807, 2.05) is 0 Å². The van der Waals surface area contributed by atoms with Crippen LogP contribution in [-0.2, 0) is 0 Å². The molecule has 0 saturated carbocycles. The zero-order valence-electron chi connectivity index (χ0n) is 3.89. The molecule has 0 saturated heterocycles. The van der Waals surface area contributed by atoms with E-state index in [1.165, 1.54) is 0 Å². The third kappa shape index (κ3) is 2.13. The molecule has 0 aromatic rings. The molecular weight excluding hydrogens is 94.1 g/mol. The minimum Gasteiger partial charge on any atom is -0.385 e. The van der Waals surface area contributed by atoms with Crippen molar-refractivity contribution >= 4 is 5.84 Å². The number of hydrogen-bond donors (Lipinski definition) is 4. The molecule has 6 N–H and O–H groups in total. The molecule has 42 valence electrons. The molecule has 0 rings (SSSR count). The van der Waals surface area contributed by atoms with Crippen molar-refractivity contribution in [2.45, 2.75) is 6.10 Å². The van der Waals surface area contributed by atoms with Crippen LogP contribution in [0.3, 0.4) is 0 Å². The van der Waals surface area contributed by atoms with Gasteiger partial charge in [-0.2, -0.15) is 0 Å². The largest absolute Gasteiger partial charge is 0.385 e. The van der Waals surface area contributed by atoms with Gasteiger partial charge in [0.05, 0.1) is 0 Å². The molecule has 7 heavy (non-hydrogen) atoms. The number of rotatable bonds is 2. The fraction of sp³-hybridized carbons (Fsp3) is 0.667. The van der Waals surface area contributed by atoms with Crippen molar-refractivity contribution in [3.05, 3.63) is 0 Å². The quantitative estimate of drug-likeness (QED) is 0.246. The summed E-state index contributed by atoms with van der Waals surface area (Å²) >= 11 is 0. The highest BCUT2D eigenvalue weighted by molar-refractivity contribution is 5.81. The normalized spacial score (nSPS) is 13.4. The molecule has 0 aromatic heterocycles. The van der Waals surface area contributed by atoms with Crippen molar-refractivity contribution in [3.8, 4) is 0 Å². The lowest BCUT2D eigenvalue weighted by atomic mass is 10.3. The average Bonchev–Trinajstić information content (AvgIpc) is 1.65. The SMILES string of the molecule is N=C(N)C(O)CN. The van der Waals surface area contributed by atoms with Crippen molar-refractivity contribution in [1.29, 1.82) is 5.41 Å². The summed E-state index contributed by atoms with van der Waals surface area (Å²) in [5.74, 6) is -0.275. The lowest BCUT2D eigenvalue weighted by Gasteiger charge is -2.01. The van der Waals surface area contributed by atoms with Gasteiger partial charge in [0.2, 0.25) is 0 Å². The molecule has 0 aromatic carbocycles. The van der Waals surface area contributed by atoms with Crippen LogP contribution in [0.5, 0.6) is 0 Å². The van der Waals surface area contributed by atoms with Crippen LogP contribution < -0.4 is 11.5 Å². The topological polar surface area (TPSA) is 96.1 Å². The van der Waals surface area contributed by atoms with Crippen LogP contribution in [0.2, 0.25) is 0 Å². The van der Waals surface area contributed by atoms with Gasteiger partial charge in [-0.15, -0.1) is 0 Å². The van der Waals surface area contributed by atoms with Crippen LogP contribution in [0, 0.1) is 5.41 Å². The minimum atomic E-state index is -0.958. The van der Waals surface area contributed by atoms with Gasteiger partial charge in [-0.25, -0.2) is 0 Å². The predicted octanol–water partition coefficient (Wildman–Crippen LogP) is -1.76. The highest BCUT2D eigenvalue weighted by atomic mass is 16.3. The Bertz CT molecular complexity index is 72.6. The molecule has 0 heterocycles. The first kappa shape index (κ1) is 6.39. The fourth-order valence-electron chi connectivity index (χ4n) is 0.127. The van der Waals surface area contributed by atoms with Gasteiger partial charge in [0, 0.05) is 6.54 Å². The van der Waals surface area contributed by atoms with Gasteiger partial charge in [-0.1, -0.05) is 0 Å².